The fraction of sp³-hybridized carbons (Fsp3) is 0.350. The van der Waals surface area contributed by atoms with Gasteiger partial charge in [0.15, 0.2) is 17.2 Å². The van der Waals surface area contributed by atoms with Gasteiger partial charge < -0.3 is 18.9 Å². The molecule has 0 aliphatic carbocycles. The first kappa shape index (κ1) is 20.4. The van der Waals surface area contributed by atoms with Crippen molar-refractivity contribution in [2.24, 2.45) is 0 Å². The number of fused-ring (bicyclic) bond motifs is 1. The highest BCUT2D eigenvalue weighted by Crippen LogP contribution is 2.50. The average molecular weight is 402 g/mol. The van der Waals surface area contributed by atoms with E-state index in [1.807, 2.05) is 13.0 Å². The Morgan fingerprint density at radius 1 is 1.17 bits per heavy atom. The minimum Gasteiger partial charge on any atom is -0.493 e. The molecule has 0 aromatic heterocycles. The molecule has 1 heterocycles. The number of carbonyl (C=O) groups excluding carboxylic acids is 1. The molecule has 154 valence electrons. The zero-order valence-corrected chi connectivity index (χ0v) is 16.6. The molecule has 1 aliphatic heterocycles. The maximum atomic E-state index is 12.2. The number of nitro groups is 1. The number of methoxy groups -OCH3 is 3. The molecule has 0 fully saturated rings. The van der Waals surface area contributed by atoms with Crippen LogP contribution in [0.3, 0.4) is 0 Å². The van der Waals surface area contributed by atoms with Crippen LogP contribution < -0.4 is 14.8 Å². The summed E-state index contributed by atoms with van der Waals surface area (Å²) in [6.45, 7) is 1.95. The normalized spacial score (nSPS) is 19.9. The Hall–Kier alpha value is -3.33. The molecule has 2 aromatic rings. The Morgan fingerprint density at radius 3 is 2.31 bits per heavy atom. The second-order valence-electron chi connectivity index (χ2n) is 6.41. The van der Waals surface area contributed by atoms with E-state index in [1.165, 1.54) is 33.5 Å². The molecule has 9 heteroatoms. The van der Waals surface area contributed by atoms with Crippen LogP contribution in [0.4, 0.5) is 10.5 Å². The van der Waals surface area contributed by atoms with E-state index in [4.69, 9.17) is 18.9 Å². The minimum atomic E-state index is -1.40. The summed E-state index contributed by atoms with van der Waals surface area (Å²) in [6, 6.07) is 9.37. The topological polar surface area (TPSA) is 109 Å². The van der Waals surface area contributed by atoms with Crippen molar-refractivity contribution in [1.82, 2.24) is 5.32 Å². The number of hydrogen-bond donors (Lipinski definition) is 1. The van der Waals surface area contributed by atoms with Gasteiger partial charge in [0.2, 0.25) is 0 Å². The molecule has 0 saturated heterocycles. The highest BCUT2D eigenvalue weighted by Gasteiger charge is 2.48. The number of benzene rings is 2. The molecule has 1 N–H and O–H groups in total. The van der Waals surface area contributed by atoms with Gasteiger partial charge in [0.25, 0.3) is 5.69 Å². The van der Waals surface area contributed by atoms with Gasteiger partial charge in [-0.25, -0.2) is 4.79 Å². The van der Waals surface area contributed by atoms with Crippen molar-refractivity contribution in [2.75, 3.05) is 21.3 Å². The number of alkyl carbamates (subject to hydrolysis) is 1. The third-order valence-corrected chi connectivity index (χ3v) is 4.92. The Labute approximate surface area is 167 Å². The SMILES string of the molecule is CCC1OC(NC(=O)OC)(c2ccc([N+](=O)[O-])cc2)c2cc(OC)c(OC)cc21. The van der Waals surface area contributed by atoms with E-state index in [1.54, 1.807) is 18.2 Å². The average Bonchev–Trinajstić information content (AvgIpc) is 3.06. The van der Waals surface area contributed by atoms with E-state index in [0.717, 1.165) is 5.56 Å². The van der Waals surface area contributed by atoms with E-state index < -0.39 is 16.7 Å². The molecule has 29 heavy (non-hydrogen) atoms. The second kappa shape index (κ2) is 7.96. The van der Waals surface area contributed by atoms with E-state index in [2.05, 4.69) is 5.32 Å². The molecule has 9 nitrogen and oxygen atoms in total. The maximum Gasteiger partial charge on any atom is 0.409 e. The van der Waals surface area contributed by atoms with Crippen LogP contribution in [-0.2, 0) is 15.2 Å². The predicted molar refractivity (Wildman–Crippen MR) is 103 cm³/mol. The van der Waals surface area contributed by atoms with Crippen LogP contribution in [0, 0.1) is 10.1 Å². The van der Waals surface area contributed by atoms with E-state index >= 15 is 0 Å². The van der Waals surface area contributed by atoms with Gasteiger partial charge in [0.05, 0.1) is 32.4 Å². The van der Waals surface area contributed by atoms with Gasteiger partial charge in [-0.3, -0.25) is 15.4 Å². The molecule has 0 radical (unpaired) electrons. The molecule has 0 spiro atoms. The van der Waals surface area contributed by atoms with Crippen LogP contribution >= 0.6 is 0 Å². The fourth-order valence-electron chi connectivity index (χ4n) is 3.51. The van der Waals surface area contributed by atoms with E-state index in [9.17, 15) is 14.9 Å². The van der Waals surface area contributed by atoms with Crippen LogP contribution in [-0.4, -0.2) is 32.3 Å². The first-order valence-corrected chi connectivity index (χ1v) is 8.95. The van der Waals surface area contributed by atoms with Crippen LogP contribution in [0.1, 0.15) is 36.1 Å². The first-order chi connectivity index (χ1) is 13.9. The van der Waals surface area contributed by atoms with Crippen molar-refractivity contribution in [2.45, 2.75) is 25.2 Å². The van der Waals surface area contributed by atoms with Crippen LogP contribution in [0.5, 0.6) is 11.5 Å². The van der Waals surface area contributed by atoms with E-state index in [-0.39, 0.29) is 11.8 Å². The zero-order valence-electron chi connectivity index (χ0n) is 16.6. The lowest BCUT2D eigenvalue weighted by Gasteiger charge is -2.31. The summed E-state index contributed by atoms with van der Waals surface area (Å²) < 4.78 is 22.0. The van der Waals surface area contributed by atoms with Gasteiger partial charge in [-0.05, 0) is 36.2 Å². The van der Waals surface area contributed by atoms with Crippen LogP contribution in [0.15, 0.2) is 36.4 Å². The molecule has 3 rings (SSSR count). The summed E-state index contributed by atoms with van der Waals surface area (Å²) in [6.07, 6.45) is -0.432. The van der Waals surface area contributed by atoms with Crippen molar-refractivity contribution in [3.8, 4) is 11.5 Å². The van der Waals surface area contributed by atoms with Crippen LogP contribution in [0.2, 0.25) is 0 Å². The first-order valence-electron chi connectivity index (χ1n) is 8.95. The Bertz CT molecular complexity index is 929. The molecular formula is C20H22N2O7. The summed E-state index contributed by atoms with van der Waals surface area (Å²) in [5.41, 5.74) is 0.497. The fourth-order valence-corrected chi connectivity index (χ4v) is 3.51. The van der Waals surface area contributed by atoms with Crippen molar-refractivity contribution in [3.05, 3.63) is 63.2 Å². The lowest BCUT2D eigenvalue weighted by atomic mass is 9.91. The standard InChI is InChI=1S/C20H22N2O7/c1-5-16-14-10-17(26-2)18(27-3)11-15(14)20(29-16,21-19(23)28-4)12-6-8-13(9-7-12)22(24)25/h6-11,16H,5H2,1-4H3,(H,21,23). The number of amides is 1. The summed E-state index contributed by atoms with van der Waals surface area (Å²) in [5, 5.41) is 13.8. The molecular weight excluding hydrogens is 380 g/mol. The quantitative estimate of drug-likeness (QED) is 0.580. The van der Waals surface area contributed by atoms with E-state index in [0.29, 0.717) is 29.0 Å². The molecule has 0 bridgehead atoms. The number of hydrogen-bond acceptors (Lipinski definition) is 7. The molecule has 0 saturated carbocycles. The van der Waals surface area contributed by atoms with Crippen molar-refractivity contribution >= 4 is 11.8 Å². The third-order valence-electron chi connectivity index (χ3n) is 4.92. The lowest BCUT2D eigenvalue weighted by molar-refractivity contribution is -0.384. The number of nitro benzene ring substituents is 1. The van der Waals surface area contributed by atoms with Gasteiger partial charge in [-0.1, -0.05) is 6.92 Å². The number of non-ortho nitro benzene ring substituents is 1. The van der Waals surface area contributed by atoms with Gasteiger partial charge >= 0.3 is 6.09 Å². The maximum absolute atomic E-state index is 12.2. The zero-order chi connectivity index (χ0) is 21.2. The van der Waals surface area contributed by atoms with Gasteiger partial charge in [-0.15, -0.1) is 0 Å². The monoisotopic (exact) mass is 402 g/mol. The highest BCUT2D eigenvalue weighted by atomic mass is 16.6. The summed E-state index contributed by atoms with van der Waals surface area (Å²) >= 11 is 0. The third kappa shape index (κ3) is 3.44. The summed E-state index contributed by atoms with van der Waals surface area (Å²) in [4.78, 5) is 22.8. The number of rotatable bonds is 6. The molecule has 2 atom stereocenters. The van der Waals surface area contributed by atoms with Crippen molar-refractivity contribution in [3.63, 3.8) is 0 Å². The van der Waals surface area contributed by atoms with Gasteiger partial charge in [-0.2, -0.15) is 0 Å². The van der Waals surface area contributed by atoms with Gasteiger partial charge in [0, 0.05) is 23.3 Å². The Kier molecular flexibility index (Phi) is 5.60. The highest BCUT2D eigenvalue weighted by molar-refractivity contribution is 5.70. The van der Waals surface area contributed by atoms with Crippen molar-refractivity contribution in [1.29, 1.82) is 0 Å². The molecule has 2 unspecified atom stereocenters. The summed E-state index contributed by atoms with van der Waals surface area (Å²) in [7, 11) is 4.30. The number of nitrogens with zero attached hydrogens (tertiary/aromatic N) is 1. The Balaban J connectivity index is 2.24. The second-order valence-corrected chi connectivity index (χ2v) is 6.41. The largest absolute Gasteiger partial charge is 0.493 e. The van der Waals surface area contributed by atoms with Gasteiger partial charge in [0.1, 0.15) is 0 Å². The number of ether oxygens (including phenoxy) is 4. The lowest BCUT2D eigenvalue weighted by Crippen LogP contribution is -2.46. The number of carbonyl (C=O) groups is 1. The Morgan fingerprint density at radius 2 is 1.79 bits per heavy atom. The molecule has 1 amide bonds. The molecule has 1 aliphatic rings. The van der Waals surface area contributed by atoms with Crippen molar-refractivity contribution < 1.29 is 28.7 Å². The smallest absolute Gasteiger partial charge is 0.409 e. The van der Waals surface area contributed by atoms with Crippen LogP contribution in [0.25, 0.3) is 0 Å². The summed E-state index contributed by atoms with van der Waals surface area (Å²) in [5.74, 6) is 0.996. The number of nitrogens with one attached hydrogen (secondary N) is 1. The minimum absolute atomic E-state index is 0.0699. The predicted octanol–water partition coefficient (Wildman–Crippen LogP) is 3.65. The molecule has 2 aromatic carbocycles.